The van der Waals surface area contributed by atoms with E-state index < -0.39 is 27.6 Å². The summed E-state index contributed by atoms with van der Waals surface area (Å²) in [6, 6.07) is 4.44. The van der Waals surface area contributed by atoms with Crippen LogP contribution in [0.2, 0.25) is 0 Å². The molecule has 3 N–H and O–H groups in total. The highest BCUT2D eigenvalue weighted by atomic mass is 32.2. The van der Waals surface area contributed by atoms with Crippen LogP contribution in [0.1, 0.15) is 12.8 Å². The normalized spacial score (nSPS) is 20.9. The first kappa shape index (κ1) is 20.6. The number of carbonyl (C=O) groups excluding carboxylic acids is 1. The number of rotatable bonds is 7. The Hall–Kier alpha value is -1.69. The Balaban J connectivity index is 2.03. The first-order valence-corrected chi connectivity index (χ1v) is 9.28. The van der Waals surface area contributed by atoms with Crippen LogP contribution < -0.4 is 15.4 Å². The summed E-state index contributed by atoms with van der Waals surface area (Å²) in [5.74, 6) is -2.12. The van der Waals surface area contributed by atoms with Crippen molar-refractivity contribution in [3.8, 4) is 0 Å². The quantitative estimate of drug-likeness (QED) is 0.646. The van der Waals surface area contributed by atoms with Crippen molar-refractivity contribution in [2.24, 2.45) is 0 Å². The minimum atomic E-state index is -5.02. The van der Waals surface area contributed by atoms with E-state index in [1.807, 2.05) is 0 Å². The highest BCUT2D eigenvalue weighted by Crippen LogP contribution is 2.22. The van der Waals surface area contributed by atoms with E-state index in [9.17, 15) is 26.4 Å². The Kier molecular flexibility index (Phi) is 6.27. The third kappa shape index (κ3) is 5.16. The molecular weight excluding hydrogens is 375 g/mol. The number of alkyl halides is 3. The number of benzene rings is 1. The summed E-state index contributed by atoms with van der Waals surface area (Å²) in [4.78, 5) is 10.8. The smallest absolute Gasteiger partial charge is 0.383 e. The summed E-state index contributed by atoms with van der Waals surface area (Å²) in [6.07, 6.45) is -3.36. The van der Waals surface area contributed by atoms with E-state index in [1.165, 1.54) is 7.11 Å². The molecule has 0 spiro atoms. The Morgan fingerprint density at radius 2 is 1.96 bits per heavy atom. The monoisotopic (exact) mass is 395 g/mol. The number of ether oxygens (including phenoxy) is 1. The molecule has 7 nitrogen and oxygen atoms in total. The fourth-order valence-electron chi connectivity index (χ4n) is 2.71. The Labute approximate surface area is 149 Å². The Morgan fingerprint density at radius 1 is 1.31 bits per heavy atom. The molecule has 0 aromatic heterocycles. The number of hydrogen-bond donors (Lipinski definition) is 3. The predicted octanol–water partition coefficient (Wildman–Crippen LogP) is 1.23. The molecule has 0 bridgehead atoms. The van der Waals surface area contributed by atoms with Crippen molar-refractivity contribution in [3.63, 3.8) is 0 Å². The van der Waals surface area contributed by atoms with Gasteiger partial charge in [0.05, 0.1) is 17.0 Å². The first-order chi connectivity index (χ1) is 12.1. The van der Waals surface area contributed by atoms with Crippen LogP contribution in [0.15, 0.2) is 29.2 Å². The van der Waals surface area contributed by atoms with Crippen LogP contribution >= 0.6 is 0 Å². The van der Waals surface area contributed by atoms with E-state index in [2.05, 4.69) is 10.0 Å². The highest BCUT2D eigenvalue weighted by molar-refractivity contribution is 7.89. The number of halogens is 3. The SMILES string of the molecule is COCC1(CNS(=O)(=O)c2ccc(NC(=O)C(F)(F)F)cc2)CCCN1. The number of amides is 1. The van der Waals surface area contributed by atoms with Gasteiger partial charge in [0, 0.05) is 19.3 Å². The van der Waals surface area contributed by atoms with Crippen molar-refractivity contribution in [3.05, 3.63) is 24.3 Å². The fraction of sp³-hybridized carbons (Fsp3) is 0.533. The molecule has 1 fully saturated rings. The van der Waals surface area contributed by atoms with Gasteiger partial charge < -0.3 is 15.4 Å². The average Bonchev–Trinajstić information content (AvgIpc) is 3.02. The average molecular weight is 395 g/mol. The maximum Gasteiger partial charge on any atom is 0.471 e. The van der Waals surface area contributed by atoms with Crippen molar-refractivity contribution >= 4 is 21.6 Å². The van der Waals surface area contributed by atoms with Gasteiger partial charge in [-0.1, -0.05) is 0 Å². The standard InChI is InChI=1S/C15H20F3N3O4S/c1-25-10-14(7-2-8-19-14)9-20-26(23,24)12-5-3-11(4-6-12)21-13(22)15(16,17)18/h3-6,19-20H,2,7-10H2,1H3,(H,21,22). The van der Waals surface area contributed by atoms with Crippen molar-refractivity contribution in [1.29, 1.82) is 0 Å². The van der Waals surface area contributed by atoms with Gasteiger partial charge in [0.2, 0.25) is 10.0 Å². The molecule has 1 aromatic carbocycles. The van der Waals surface area contributed by atoms with Crippen molar-refractivity contribution in [2.45, 2.75) is 29.5 Å². The Bertz CT molecular complexity index is 729. The summed E-state index contributed by atoms with van der Waals surface area (Å²) in [6.45, 7) is 1.23. The maximum atomic E-state index is 12.4. The molecule has 0 radical (unpaired) electrons. The molecule has 1 aromatic rings. The lowest BCUT2D eigenvalue weighted by Gasteiger charge is -2.28. The van der Waals surface area contributed by atoms with Crippen molar-refractivity contribution < 1.29 is 31.1 Å². The third-order valence-electron chi connectivity index (χ3n) is 4.03. The lowest BCUT2D eigenvalue weighted by Crippen LogP contribution is -2.52. The zero-order chi connectivity index (χ0) is 19.4. The molecule has 11 heteroatoms. The second-order valence-corrected chi connectivity index (χ2v) is 7.81. The van der Waals surface area contributed by atoms with Gasteiger partial charge in [-0.15, -0.1) is 0 Å². The molecule has 0 saturated carbocycles. The van der Waals surface area contributed by atoms with Crippen molar-refractivity contribution in [1.82, 2.24) is 10.0 Å². The lowest BCUT2D eigenvalue weighted by atomic mass is 9.99. The van der Waals surface area contributed by atoms with Gasteiger partial charge in [-0.05, 0) is 43.7 Å². The van der Waals surface area contributed by atoms with E-state index in [0.29, 0.717) is 6.61 Å². The second kappa shape index (κ2) is 7.91. The van der Waals surface area contributed by atoms with Crippen molar-refractivity contribution in [2.75, 3.05) is 32.1 Å². The van der Waals surface area contributed by atoms with Gasteiger partial charge in [0.1, 0.15) is 0 Å². The summed E-state index contributed by atoms with van der Waals surface area (Å²) in [5.41, 5.74) is -0.637. The number of sulfonamides is 1. The topological polar surface area (TPSA) is 96.5 Å². The van der Waals surface area contributed by atoms with Crippen LogP contribution in [0, 0.1) is 0 Å². The van der Waals surface area contributed by atoms with Gasteiger partial charge in [-0.25, -0.2) is 13.1 Å². The van der Waals surface area contributed by atoms with Gasteiger partial charge in [-0.2, -0.15) is 13.2 Å². The van der Waals surface area contributed by atoms with Crippen LogP contribution in [0.5, 0.6) is 0 Å². The third-order valence-corrected chi connectivity index (χ3v) is 5.45. The van der Waals surface area contributed by atoms with Gasteiger partial charge >= 0.3 is 12.1 Å². The van der Waals surface area contributed by atoms with Crippen LogP contribution in [0.3, 0.4) is 0 Å². The molecule has 2 rings (SSSR count). The van der Waals surface area contributed by atoms with Crippen LogP contribution in [0.4, 0.5) is 18.9 Å². The van der Waals surface area contributed by atoms with Gasteiger partial charge in [-0.3, -0.25) is 4.79 Å². The molecule has 1 aliphatic heterocycles. The molecule has 26 heavy (non-hydrogen) atoms. The summed E-state index contributed by atoms with van der Waals surface area (Å²) in [5, 5.41) is 4.89. The molecule has 1 unspecified atom stereocenters. The lowest BCUT2D eigenvalue weighted by molar-refractivity contribution is -0.167. The Morgan fingerprint density at radius 3 is 2.46 bits per heavy atom. The first-order valence-electron chi connectivity index (χ1n) is 7.80. The van der Waals surface area contributed by atoms with E-state index in [1.54, 1.807) is 5.32 Å². The highest BCUT2D eigenvalue weighted by Gasteiger charge is 2.38. The van der Waals surface area contributed by atoms with Crippen LogP contribution in [-0.2, 0) is 19.6 Å². The molecule has 1 amide bonds. The maximum absolute atomic E-state index is 12.4. The molecule has 1 aliphatic rings. The summed E-state index contributed by atoms with van der Waals surface area (Å²) >= 11 is 0. The number of methoxy groups -OCH3 is 1. The summed E-state index contributed by atoms with van der Waals surface area (Å²) < 4.78 is 69.1. The number of carbonyl (C=O) groups is 1. The van der Waals surface area contributed by atoms with Gasteiger partial charge in [0.15, 0.2) is 0 Å². The minimum Gasteiger partial charge on any atom is -0.383 e. The minimum absolute atomic E-state index is 0.118. The molecule has 146 valence electrons. The van der Waals surface area contributed by atoms with Gasteiger partial charge in [0.25, 0.3) is 0 Å². The zero-order valence-corrected chi connectivity index (χ0v) is 14.8. The zero-order valence-electron chi connectivity index (χ0n) is 14.0. The largest absolute Gasteiger partial charge is 0.471 e. The van der Waals surface area contributed by atoms with E-state index in [-0.39, 0.29) is 17.1 Å². The number of nitrogens with one attached hydrogen (secondary N) is 3. The molecular formula is C15H20F3N3O4S. The number of anilines is 1. The van der Waals surface area contributed by atoms with E-state index in [4.69, 9.17) is 4.74 Å². The predicted molar refractivity (Wildman–Crippen MR) is 88.2 cm³/mol. The van der Waals surface area contributed by atoms with Crippen LogP contribution in [-0.4, -0.2) is 52.8 Å². The van der Waals surface area contributed by atoms with Crippen LogP contribution in [0.25, 0.3) is 0 Å². The molecule has 1 saturated heterocycles. The molecule has 0 aliphatic carbocycles. The molecule has 1 heterocycles. The number of hydrogen-bond acceptors (Lipinski definition) is 5. The second-order valence-electron chi connectivity index (χ2n) is 6.04. The summed E-state index contributed by atoms with van der Waals surface area (Å²) in [7, 11) is -2.33. The fourth-order valence-corrected chi connectivity index (χ4v) is 3.83. The van der Waals surface area contributed by atoms with E-state index in [0.717, 1.165) is 43.7 Å². The molecule has 1 atom stereocenters. The van der Waals surface area contributed by atoms with E-state index >= 15 is 0 Å².